The first-order valence-electron chi connectivity index (χ1n) is 6.78. The van der Waals surface area contributed by atoms with Crippen molar-refractivity contribution < 1.29 is 22.7 Å². The van der Waals surface area contributed by atoms with Gasteiger partial charge in [0.15, 0.2) is 5.75 Å². The van der Waals surface area contributed by atoms with Crippen molar-refractivity contribution in [2.75, 3.05) is 11.9 Å². The van der Waals surface area contributed by atoms with Gasteiger partial charge in [-0.1, -0.05) is 39.1 Å². The minimum Gasteiger partial charge on any atom is -0.434 e. The zero-order valence-corrected chi connectivity index (χ0v) is 15.7. The lowest BCUT2D eigenvalue weighted by Gasteiger charge is -2.11. The summed E-state index contributed by atoms with van der Waals surface area (Å²) in [5.74, 6) is -0.211. The van der Waals surface area contributed by atoms with Gasteiger partial charge < -0.3 is 10.1 Å². The summed E-state index contributed by atoms with van der Waals surface area (Å²) in [5.41, 5.74) is -0.535. The highest BCUT2D eigenvalue weighted by molar-refractivity contribution is 9.09. The predicted molar refractivity (Wildman–Crippen MR) is 91.1 cm³/mol. The summed E-state index contributed by atoms with van der Waals surface area (Å²) in [6.07, 6.45) is -4.59. The summed E-state index contributed by atoms with van der Waals surface area (Å²) in [6, 6.07) is 2.36. The van der Waals surface area contributed by atoms with Crippen LogP contribution in [0.1, 0.15) is 11.3 Å². The SMILES string of the molecule is Cc1cc(Oc2c(Cl)cc(C(F)(F)F)cc2Cl)nn1C(=O)NCCBr. The quantitative estimate of drug-likeness (QED) is 0.633. The first-order chi connectivity index (χ1) is 11.6. The number of benzene rings is 1. The molecule has 25 heavy (non-hydrogen) atoms. The Morgan fingerprint density at radius 1 is 1.32 bits per heavy atom. The van der Waals surface area contributed by atoms with E-state index in [0.717, 1.165) is 4.68 Å². The third-order valence-corrected chi connectivity index (χ3v) is 3.92. The predicted octanol–water partition coefficient (Wildman–Crippen LogP) is 5.26. The number of hydrogen-bond donors (Lipinski definition) is 1. The Bertz CT molecular complexity index is 773. The van der Waals surface area contributed by atoms with Crippen molar-refractivity contribution in [3.05, 3.63) is 39.5 Å². The second-order valence-corrected chi connectivity index (χ2v) is 6.43. The molecule has 0 saturated heterocycles. The smallest absolute Gasteiger partial charge is 0.416 e. The number of aromatic nitrogens is 2. The standard InChI is InChI=1S/C14H11BrCl2F3N3O2/c1-7-4-11(22-23(7)13(24)21-3-2-15)25-12-9(16)5-8(6-10(12)17)14(18,19)20/h4-6H,2-3H2,1H3,(H,21,24). The Morgan fingerprint density at radius 2 is 1.92 bits per heavy atom. The second-order valence-electron chi connectivity index (χ2n) is 4.83. The van der Waals surface area contributed by atoms with Gasteiger partial charge in [0, 0.05) is 17.9 Å². The van der Waals surface area contributed by atoms with Gasteiger partial charge in [0.1, 0.15) is 0 Å². The fraction of sp³-hybridized carbons (Fsp3) is 0.286. The lowest BCUT2D eigenvalue weighted by molar-refractivity contribution is -0.137. The van der Waals surface area contributed by atoms with Crippen LogP contribution in [0.25, 0.3) is 0 Å². The Morgan fingerprint density at radius 3 is 2.44 bits per heavy atom. The van der Waals surface area contributed by atoms with Gasteiger partial charge >= 0.3 is 12.2 Å². The van der Waals surface area contributed by atoms with E-state index < -0.39 is 17.8 Å². The average Bonchev–Trinajstić information content (AvgIpc) is 2.88. The molecule has 0 unspecified atom stereocenters. The van der Waals surface area contributed by atoms with Crippen molar-refractivity contribution in [3.63, 3.8) is 0 Å². The summed E-state index contributed by atoms with van der Waals surface area (Å²) in [6.45, 7) is 2.01. The number of carbonyl (C=O) groups excluding carboxylic acids is 1. The minimum absolute atomic E-state index is 0.0324. The number of carbonyl (C=O) groups is 1. The molecule has 1 aromatic carbocycles. The maximum Gasteiger partial charge on any atom is 0.416 e. The summed E-state index contributed by atoms with van der Waals surface area (Å²) in [7, 11) is 0. The molecule has 0 spiro atoms. The van der Waals surface area contributed by atoms with Crippen LogP contribution in [0.4, 0.5) is 18.0 Å². The van der Waals surface area contributed by atoms with E-state index in [4.69, 9.17) is 27.9 Å². The van der Waals surface area contributed by atoms with Gasteiger partial charge in [0.2, 0.25) is 5.88 Å². The van der Waals surface area contributed by atoms with E-state index in [1.165, 1.54) is 6.07 Å². The molecule has 0 aliphatic heterocycles. The number of halogens is 6. The van der Waals surface area contributed by atoms with Gasteiger partial charge in [-0.25, -0.2) is 4.79 Å². The molecule has 136 valence electrons. The van der Waals surface area contributed by atoms with Crippen LogP contribution in [0.3, 0.4) is 0 Å². The molecule has 2 aromatic rings. The summed E-state index contributed by atoms with van der Waals surface area (Å²) >= 11 is 14.9. The van der Waals surface area contributed by atoms with Gasteiger partial charge in [0.25, 0.3) is 0 Å². The van der Waals surface area contributed by atoms with Gasteiger partial charge in [-0.3, -0.25) is 0 Å². The van der Waals surface area contributed by atoms with Crippen LogP contribution >= 0.6 is 39.1 Å². The number of nitrogens with one attached hydrogen (secondary N) is 1. The van der Waals surface area contributed by atoms with Crippen molar-refractivity contribution >= 4 is 45.2 Å². The molecule has 1 aromatic heterocycles. The fourth-order valence-corrected chi connectivity index (χ4v) is 2.62. The molecule has 11 heteroatoms. The molecule has 0 atom stereocenters. The minimum atomic E-state index is -4.59. The molecule has 0 fully saturated rings. The van der Waals surface area contributed by atoms with Crippen molar-refractivity contribution in [2.45, 2.75) is 13.1 Å². The Labute approximate surface area is 159 Å². The molecule has 5 nitrogen and oxygen atoms in total. The molecule has 1 heterocycles. The molecule has 0 bridgehead atoms. The van der Waals surface area contributed by atoms with Crippen LogP contribution in [-0.2, 0) is 6.18 Å². The number of rotatable bonds is 4. The molecule has 2 rings (SSSR count). The summed E-state index contributed by atoms with van der Waals surface area (Å²) < 4.78 is 44.6. The Balaban J connectivity index is 2.27. The highest BCUT2D eigenvalue weighted by Gasteiger charge is 2.32. The van der Waals surface area contributed by atoms with Gasteiger partial charge in [0.05, 0.1) is 21.3 Å². The van der Waals surface area contributed by atoms with Crippen LogP contribution in [-0.4, -0.2) is 27.7 Å². The highest BCUT2D eigenvalue weighted by Crippen LogP contribution is 2.41. The topological polar surface area (TPSA) is 56.2 Å². The molecular weight excluding hydrogens is 450 g/mol. The molecule has 1 amide bonds. The van der Waals surface area contributed by atoms with Crippen molar-refractivity contribution in [1.29, 1.82) is 0 Å². The largest absolute Gasteiger partial charge is 0.434 e. The van der Waals surface area contributed by atoms with E-state index in [9.17, 15) is 18.0 Å². The maximum atomic E-state index is 12.7. The number of hydrogen-bond acceptors (Lipinski definition) is 3. The molecular formula is C14H11BrCl2F3N3O2. The van der Waals surface area contributed by atoms with Crippen LogP contribution in [0.2, 0.25) is 10.0 Å². The van der Waals surface area contributed by atoms with Gasteiger partial charge in [-0.15, -0.1) is 5.10 Å². The lowest BCUT2D eigenvalue weighted by Crippen LogP contribution is -2.31. The monoisotopic (exact) mass is 459 g/mol. The number of amides is 1. The number of ether oxygens (including phenoxy) is 1. The number of alkyl halides is 4. The molecule has 1 N–H and O–H groups in total. The molecule has 0 aliphatic carbocycles. The first-order valence-corrected chi connectivity index (χ1v) is 8.66. The molecule has 0 saturated carbocycles. The first kappa shape index (κ1) is 19.9. The Kier molecular flexibility index (Phi) is 6.23. The average molecular weight is 461 g/mol. The van der Waals surface area contributed by atoms with Crippen LogP contribution in [0.5, 0.6) is 11.6 Å². The van der Waals surface area contributed by atoms with E-state index in [1.54, 1.807) is 6.92 Å². The lowest BCUT2D eigenvalue weighted by atomic mass is 10.2. The van der Waals surface area contributed by atoms with Gasteiger partial charge in [-0.2, -0.15) is 17.9 Å². The summed E-state index contributed by atoms with van der Waals surface area (Å²) in [4.78, 5) is 11.9. The summed E-state index contributed by atoms with van der Waals surface area (Å²) in [5, 5.41) is 6.46. The second kappa shape index (κ2) is 7.84. The van der Waals surface area contributed by atoms with E-state index in [1.807, 2.05) is 0 Å². The third-order valence-electron chi connectivity index (χ3n) is 2.96. The van der Waals surface area contributed by atoms with Gasteiger partial charge in [-0.05, 0) is 19.1 Å². The number of nitrogens with zero attached hydrogens (tertiary/aromatic N) is 2. The Hall–Kier alpha value is -1.45. The van der Waals surface area contributed by atoms with Crippen LogP contribution in [0.15, 0.2) is 18.2 Å². The van der Waals surface area contributed by atoms with Crippen LogP contribution in [0, 0.1) is 6.92 Å². The fourth-order valence-electron chi connectivity index (χ4n) is 1.86. The maximum absolute atomic E-state index is 12.7. The van der Waals surface area contributed by atoms with Crippen LogP contribution < -0.4 is 10.1 Å². The molecule has 0 aliphatic rings. The van der Waals surface area contributed by atoms with Crippen molar-refractivity contribution in [3.8, 4) is 11.6 Å². The zero-order valence-electron chi connectivity index (χ0n) is 12.6. The zero-order chi connectivity index (χ0) is 18.8. The normalized spacial score (nSPS) is 11.5. The highest BCUT2D eigenvalue weighted by atomic mass is 79.9. The van der Waals surface area contributed by atoms with E-state index in [0.29, 0.717) is 29.7 Å². The van der Waals surface area contributed by atoms with E-state index in [-0.39, 0.29) is 21.7 Å². The molecule has 0 radical (unpaired) electrons. The number of aryl methyl sites for hydroxylation is 1. The third kappa shape index (κ3) is 4.80. The van der Waals surface area contributed by atoms with E-state index >= 15 is 0 Å². The van der Waals surface area contributed by atoms with E-state index in [2.05, 4.69) is 26.3 Å². The van der Waals surface area contributed by atoms with Crippen molar-refractivity contribution in [1.82, 2.24) is 15.1 Å². The van der Waals surface area contributed by atoms with Crippen molar-refractivity contribution in [2.24, 2.45) is 0 Å².